The van der Waals surface area contributed by atoms with Crippen LogP contribution in [0.1, 0.15) is 11.3 Å². The summed E-state index contributed by atoms with van der Waals surface area (Å²) in [6.45, 7) is 3.92. The van der Waals surface area contributed by atoms with Crippen molar-refractivity contribution in [2.75, 3.05) is 5.73 Å². The number of rotatable bonds is 1. The molecule has 0 saturated heterocycles. The van der Waals surface area contributed by atoms with Crippen LogP contribution in [0.3, 0.4) is 0 Å². The molecule has 0 radical (unpaired) electrons. The number of aromatic nitrogens is 2. The molecule has 4 heteroatoms. The second kappa shape index (κ2) is 3.59. The maximum atomic E-state index is 5.95. The Labute approximate surface area is 93.5 Å². The van der Waals surface area contributed by atoms with Gasteiger partial charge in [-0.15, -0.1) is 0 Å². The number of nitrogen functional groups attached to an aromatic ring is 1. The molecule has 2 rings (SSSR count). The van der Waals surface area contributed by atoms with Crippen molar-refractivity contribution >= 4 is 17.5 Å². The summed E-state index contributed by atoms with van der Waals surface area (Å²) < 4.78 is 1.84. The van der Waals surface area contributed by atoms with E-state index in [4.69, 9.17) is 17.3 Å². The summed E-state index contributed by atoms with van der Waals surface area (Å²) in [7, 11) is 0. The zero-order valence-corrected chi connectivity index (χ0v) is 9.42. The van der Waals surface area contributed by atoms with Crippen LogP contribution in [0.25, 0.3) is 5.69 Å². The normalized spacial score (nSPS) is 10.6. The number of nitrogens with two attached hydrogens (primary N) is 1. The van der Waals surface area contributed by atoms with E-state index in [1.165, 1.54) is 0 Å². The Morgan fingerprint density at radius 3 is 2.67 bits per heavy atom. The molecule has 1 aromatic heterocycles. The van der Waals surface area contributed by atoms with Gasteiger partial charge in [-0.05, 0) is 31.5 Å². The first-order valence-corrected chi connectivity index (χ1v) is 5.03. The standard InChI is InChI=1S/C11H12ClN3/c1-7-3-4-9(12)5-10(7)15-6-8(2)14-11(15)13/h3-6H,1-2H3,(H2,13,14). The van der Waals surface area contributed by atoms with E-state index in [0.29, 0.717) is 11.0 Å². The summed E-state index contributed by atoms with van der Waals surface area (Å²) in [5.41, 5.74) is 8.78. The van der Waals surface area contributed by atoms with Crippen molar-refractivity contribution in [1.29, 1.82) is 0 Å². The van der Waals surface area contributed by atoms with E-state index >= 15 is 0 Å². The number of nitrogens with zero attached hydrogens (tertiary/aromatic N) is 2. The fourth-order valence-corrected chi connectivity index (χ4v) is 1.72. The summed E-state index contributed by atoms with van der Waals surface area (Å²) in [5.74, 6) is 0.484. The minimum atomic E-state index is 0.484. The van der Waals surface area contributed by atoms with E-state index in [-0.39, 0.29) is 0 Å². The zero-order chi connectivity index (χ0) is 11.0. The van der Waals surface area contributed by atoms with E-state index in [1.54, 1.807) is 0 Å². The average molecular weight is 222 g/mol. The minimum absolute atomic E-state index is 0.484. The lowest BCUT2D eigenvalue weighted by Crippen LogP contribution is -2.01. The van der Waals surface area contributed by atoms with Crippen molar-refractivity contribution in [3.8, 4) is 5.69 Å². The molecular weight excluding hydrogens is 210 g/mol. The maximum Gasteiger partial charge on any atom is 0.205 e. The number of hydrogen-bond acceptors (Lipinski definition) is 2. The van der Waals surface area contributed by atoms with Gasteiger partial charge in [0.25, 0.3) is 0 Å². The maximum absolute atomic E-state index is 5.95. The topological polar surface area (TPSA) is 43.8 Å². The molecule has 0 aliphatic carbocycles. The van der Waals surface area contributed by atoms with Crippen LogP contribution >= 0.6 is 11.6 Å². The van der Waals surface area contributed by atoms with Gasteiger partial charge < -0.3 is 5.73 Å². The smallest absolute Gasteiger partial charge is 0.205 e. The summed E-state index contributed by atoms with van der Waals surface area (Å²) in [6.07, 6.45) is 1.90. The van der Waals surface area contributed by atoms with Crippen LogP contribution in [0, 0.1) is 13.8 Å². The zero-order valence-electron chi connectivity index (χ0n) is 8.66. The molecule has 0 amide bonds. The Hall–Kier alpha value is -1.48. The van der Waals surface area contributed by atoms with Gasteiger partial charge in [0.05, 0.1) is 11.4 Å². The molecule has 1 heterocycles. The van der Waals surface area contributed by atoms with Crippen molar-refractivity contribution in [2.24, 2.45) is 0 Å². The Balaban J connectivity index is 2.62. The molecule has 0 saturated carbocycles. The first-order valence-electron chi connectivity index (χ1n) is 4.66. The van der Waals surface area contributed by atoms with Crippen LogP contribution in [0.2, 0.25) is 5.02 Å². The molecule has 1 aromatic carbocycles. The lowest BCUT2D eigenvalue weighted by molar-refractivity contribution is 1.06. The third-order valence-electron chi connectivity index (χ3n) is 2.28. The highest BCUT2D eigenvalue weighted by Gasteiger charge is 2.06. The van der Waals surface area contributed by atoms with Gasteiger partial charge in [-0.3, -0.25) is 4.57 Å². The van der Waals surface area contributed by atoms with Crippen molar-refractivity contribution < 1.29 is 0 Å². The highest BCUT2D eigenvalue weighted by atomic mass is 35.5. The molecule has 2 aromatic rings. The fraction of sp³-hybridized carbons (Fsp3) is 0.182. The average Bonchev–Trinajstić information content (AvgIpc) is 2.50. The summed E-state index contributed by atoms with van der Waals surface area (Å²) in [5, 5.41) is 0.696. The van der Waals surface area contributed by atoms with Crippen molar-refractivity contribution in [3.05, 3.63) is 40.7 Å². The molecule has 0 aliphatic rings. The molecule has 3 nitrogen and oxygen atoms in total. The molecule has 0 bridgehead atoms. The van der Waals surface area contributed by atoms with E-state index in [2.05, 4.69) is 4.98 Å². The minimum Gasteiger partial charge on any atom is -0.369 e. The van der Waals surface area contributed by atoms with Crippen molar-refractivity contribution in [2.45, 2.75) is 13.8 Å². The quantitative estimate of drug-likeness (QED) is 0.805. The SMILES string of the molecule is Cc1cn(-c2cc(Cl)ccc2C)c(N)n1. The third kappa shape index (κ3) is 1.83. The third-order valence-corrected chi connectivity index (χ3v) is 2.52. The van der Waals surface area contributed by atoms with Crippen molar-refractivity contribution in [3.63, 3.8) is 0 Å². The van der Waals surface area contributed by atoms with Crippen LogP contribution in [0.5, 0.6) is 0 Å². The van der Waals surface area contributed by atoms with E-state index < -0.39 is 0 Å². The molecule has 78 valence electrons. The summed E-state index contributed by atoms with van der Waals surface area (Å²) in [4.78, 5) is 4.16. The monoisotopic (exact) mass is 221 g/mol. The fourth-order valence-electron chi connectivity index (χ4n) is 1.55. The van der Waals surface area contributed by atoms with Crippen LogP contribution in [0.15, 0.2) is 24.4 Å². The molecule has 2 N–H and O–H groups in total. The van der Waals surface area contributed by atoms with Crippen LogP contribution < -0.4 is 5.73 Å². The van der Waals surface area contributed by atoms with Gasteiger partial charge >= 0.3 is 0 Å². The van der Waals surface area contributed by atoms with Gasteiger partial charge in [0.15, 0.2) is 0 Å². The van der Waals surface area contributed by atoms with E-state index in [1.807, 2.05) is 42.8 Å². The summed E-state index contributed by atoms with van der Waals surface area (Å²) >= 11 is 5.95. The van der Waals surface area contributed by atoms with E-state index in [9.17, 15) is 0 Å². The van der Waals surface area contributed by atoms with Crippen LogP contribution in [-0.2, 0) is 0 Å². The van der Waals surface area contributed by atoms with Gasteiger partial charge in [0, 0.05) is 11.2 Å². The van der Waals surface area contributed by atoms with Crippen molar-refractivity contribution in [1.82, 2.24) is 9.55 Å². The highest BCUT2D eigenvalue weighted by molar-refractivity contribution is 6.30. The van der Waals surface area contributed by atoms with Crippen LogP contribution in [-0.4, -0.2) is 9.55 Å². The molecule has 0 spiro atoms. The predicted octanol–water partition coefficient (Wildman–Crippen LogP) is 2.72. The van der Waals surface area contributed by atoms with Crippen LogP contribution in [0.4, 0.5) is 5.95 Å². The molecule has 15 heavy (non-hydrogen) atoms. The van der Waals surface area contributed by atoms with Gasteiger partial charge in [-0.1, -0.05) is 17.7 Å². The lowest BCUT2D eigenvalue weighted by Gasteiger charge is -2.08. The number of benzene rings is 1. The van der Waals surface area contributed by atoms with E-state index in [0.717, 1.165) is 16.9 Å². The summed E-state index contributed by atoms with van der Waals surface area (Å²) in [6, 6.07) is 5.71. The Kier molecular flexibility index (Phi) is 2.40. The van der Waals surface area contributed by atoms with Gasteiger partial charge in [-0.2, -0.15) is 0 Å². The molecule has 0 unspecified atom stereocenters. The first kappa shape index (κ1) is 10.1. The lowest BCUT2D eigenvalue weighted by atomic mass is 10.2. The molecule has 0 aliphatic heterocycles. The van der Waals surface area contributed by atoms with Gasteiger partial charge in [0.1, 0.15) is 0 Å². The van der Waals surface area contributed by atoms with Gasteiger partial charge in [0.2, 0.25) is 5.95 Å². The number of aryl methyl sites for hydroxylation is 2. The largest absolute Gasteiger partial charge is 0.369 e. The Morgan fingerprint density at radius 1 is 1.33 bits per heavy atom. The molecular formula is C11H12ClN3. The predicted molar refractivity (Wildman–Crippen MR) is 62.5 cm³/mol. The molecule has 0 atom stereocenters. The Morgan fingerprint density at radius 2 is 2.07 bits per heavy atom. The second-order valence-electron chi connectivity index (χ2n) is 3.54. The first-order chi connectivity index (χ1) is 7.08. The number of imidazole rings is 1. The number of hydrogen-bond donors (Lipinski definition) is 1. The Bertz CT molecular complexity index is 503. The second-order valence-corrected chi connectivity index (χ2v) is 3.98. The highest BCUT2D eigenvalue weighted by Crippen LogP contribution is 2.22. The van der Waals surface area contributed by atoms with Gasteiger partial charge in [-0.25, -0.2) is 4.98 Å². The molecule has 0 fully saturated rings. The number of halogens is 1. The number of anilines is 1.